The van der Waals surface area contributed by atoms with Gasteiger partial charge in [0.15, 0.2) is 0 Å². The summed E-state index contributed by atoms with van der Waals surface area (Å²) >= 11 is 0. The zero-order chi connectivity index (χ0) is 11.0. The van der Waals surface area contributed by atoms with E-state index in [4.69, 9.17) is 4.74 Å². The Hall–Kier alpha value is -1.41. The number of isocyanates is 1. The maximum atomic E-state index is 10.9. The van der Waals surface area contributed by atoms with Crippen molar-refractivity contribution in [2.45, 2.75) is 32.9 Å². The van der Waals surface area contributed by atoms with Crippen LogP contribution in [0.25, 0.3) is 0 Å². The third-order valence-electron chi connectivity index (χ3n) is 2.04. The molecule has 0 radical (unpaired) electrons. The Balaban J connectivity index is 4.48. The molecule has 78 valence electrons. The Morgan fingerprint density at radius 3 is 2.50 bits per heavy atom. The maximum Gasteiger partial charge on any atom is 0.332 e. The van der Waals surface area contributed by atoms with Gasteiger partial charge in [-0.15, -0.1) is 0 Å². The van der Waals surface area contributed by atoms with E-state index >= 15 is 0 Å². The van der Waals surface area contributed by atoms with Crippen LogP contribution < -0.4 is 0 Å². The van der Waals surface area contributed by atoms with E-state index in [-0.39, 0.29) is 5.92 Å². The minimum Gasteiger partial charge on any atom is -0.435 e. The molecule has 0 bridgehead atoms. The first-order valence-electron chi connectivity index (χ1n) is 4.59. The predicted molar refractivity (Wildman–Crippen MR) is 52.3 cm³/mol. The summed E-state index contributed by atoms with van der Waals surface area (Å²) in [5.41, 5.74) is 0. The number of carbonyl (C=O) groups is 1. The molecule has 0 rings (SSSR count). The Morgan fingerprint density at radius 2 is 2.14 bits per heavy atom. The number of hydrogen-bond acceptors (Lipinski definition) is 4. The van der Waals surface area contributed by atoms with Crippen LogP contribution in [0.2, 0.25) is 0 Å². The van der Waals surface area contributed by atoms with Crippen LogP contribution in [0, 0.1) is 5.92 Å². The highest BCUT2D eigenvalue weighted by Gasteiger charge is 2.20. The summed E-state index contributed by atoms with van der Waals surface area (Å²) in [5, 5.41) is 0. The van der Waals surface area contributed by atoms with Gasteiger partial charge < -0.3 is 4.74 Å². The molecule has 0 saturated heterocycles. The molecule has 14 heavy (non-hydrogen) atoms. The van der Waals surface area contributed by atoms with Gasteiger partial charge >= 0.3 is 5.97 Å². The van der Waals surface area contributed by atoms with Gasteiger partial charge in [0.05, 0.1) is 0 Å². The molecule has 1 atom stereocenters. The molecule has 0 heterocycles. The zero-order valence-electron chi connectivity index (χ0n) is 8.53. The fourth-order valence-electron chi connectivity index (χ4n) is 1.14. The van der Waals surface area contributed by atoms with E-state index in [1.54, 1.807) is 0 Å². The van der Waals surface area contributed by atoms with E-state index in [9.17, 15) is 9.59 Å². The van der Waals surface area contributed by atoms with E-state index in [2.05, 4.69) is 11.6 Å². The van der Waals surface area contributed by atoms with Crippen LogP contribution in [0.15, 0.2) is 17.6 Å². The topological polar surface area (TPSA) is 55.7 Å². The molecule has 0 saturated carbocycles. The molecule has 4 heteroatoms. The van der Waals surface area contributed by atoms with E-state index < -0.39 is 12.2 Å². The highest BCUT2D eigenvalue weighted by atomic mass is 16.6. The third kappa shape index (κ3) is 4.01. The smallest absolute Gasteiger partial charge is 0.332 e. The van der Waals surface area contributed by atoms with Crippen LogP contribution in [0.4, 0.5) is 0 Å². The normalized spacial score (nSPS) is 11.6. The van der Waals surface area contributed by atoms with E-state index in [1.807, 2.05) is 13.8 Å². The second kappa shape index (κ2) is 7.04. The summed E-state index contributed by atoms with van der Waals surface area (Å²) in [4.78, 5) is 24.5. The van der Waals surface area contributed by atoms with Crippen LogP contribution >= 0.6 is 0 Å². The third-order valence-corrected chi connectivity index (χ3v) is 2.04. The van der Waals surface area contributed by atoms with E-state index in [0.717, 1.165) is 18.9 Å². The molecule has 0 amide bonds. The van der Waals surface area contributed by atoms with Gasteiger partial charge in [0, 0.05) is 12.0 Å². The molecule has 0 fully saturated rings. The fraction of sp³-hybridized carbons (Fsp3) is 0.600. The molecule has 0 aliphatic rings. The zero-order valence-corrected chi connectivity index (χ0v) is 8.53. The van der Waals surface area contributed by atoms with Crippen LogP contribution in [-0.4, -0.2) is 18.3 Å². The Labute approximate surface area is 83.7 Å². The molecule has 0 aromatic carbocycles. The number of hydrogen-bond donors (Lipinski definition) is 0. The molecule has 0 spiro atoms. The number of aliphatic imine (C=N–C) groups is 1. The van der Waals surface area contributed by atoms with Crippen molar-refractivity contribution < 1.29 is 14.3 Å². The highest BCUT2D eigenvalue weighted by Crippen LogP contribution is 2.17. The summed E-state index contributed by atoms with van der Waals surface area (Å²) in [6.45, 7) is 7.17. The van der Waals surface area contributed by atoms with Crippen LogP contribution in [0.3, 0.4) is 0 Å². The molecule has 4 nitrogen and oxygen atoms in total. The summed E-state index contributed by atoms with van der Waals surface area (Å²) in [7, 11) is 0. The molecule has 0 N–H and O–H groups in total. The van der Waals surface area contributed by atoms with Crippen LogP contribution in [-0.2, 0) is 14.3 Å². The van der Waals surface area contributed by atoms with Gasteiger partial charge in [0.1, 0.15) is 0 Å². The van der Waals surface area contributed by atoms with Crippen LogP contribution in [0.5, 0.6) is 0 Å². The van der Waals surface area contributed by atoms with E-state index in [0.29, 0.717) is 0 Å². The number of rotatable bonds is 6. The average molecular weight is 197 g/mol. The molecule has 0 aromatic rings. The Kier molecular flexibility index (Phi) is 6.33. The molecular weight excluding hydrogens is 182 g/mol. The lowest BCUT2D eigenvalue weighted by Crippen LogP contribution is -2.23. The van der Waals surface area contributed by atoms with Gasteiger partial charge in [-0.25, -0.2) is 9.59 Å². The van der Waals surface area contributed by atoms with Crippen LogP contribution in [0.1, 0.15) is 26.7 Å². The van der Waals surface area contributed by atoms with Crippen molar-refractivity contribution in [3.05, 3.63) is 12.7 Å². The van der Waals surface area contributed by atoms with Crippen molar-refractivity contribution in [2.75, 3.05) is 0 Å². The second-order valence-electron chi connectivity index (χ2n) is 2.83. The van der Waals surface area contributed by atoms with Gasteiger partial charge in [0.2, 0.25) is 12.3 Å². The number of nitrogens with zero attached hydrogens (tertiary/aromatic N) is 1. The van der Waals surface area contributed by atoms with Gasteiger partial charge in [-0.1, -0.05) is 20.4 Å². The summed E-state index contributed by atoms with van der Waals surface area (Å²) in [6, 6.07) is 0. The van der Waals surface area contributed by atoms with Crippen molar-refractivity contribution >= 4 is 12.0 Å². The number of carbonyl (C=O) groups excluding carboxylic acids is 2. The summed E-state index contributed by atoms with van der Waals surface area (Å²) < 4.78 is 4.90. The quantitative estimate of drug-likeness (QED) is 0.282. The highest BCUT2D eigenvalue weighted by molar-refractivity contribution is 5.81. The van der Waals surface area contributed by atoms with Gasteiger partial charge in [-0.3, -0.25) is 0 Å². The molecular formula is C10H15NO3. The molecule has 1 unspecified atom stereocenters. The lowest BCUT2D eigenvalue weighted by atomic mass is 10.0. The standard InChI is InChI=1S/C10H15NO3/c1-4-8(5-2)10(11-7-12)14-9(13)6-3/h6,8,10H,3-5H2,1-2H3. The number of esters is 1. The van der Waals surface area contributed by atoms with Crippen molar-refractivity contribution in [3.63, 3.8) is 0 Å². The van der Waals surface area contributed by atoms with E-state index in [1.165, 1.54) is 6.08 Å². The van der Waals surface area contributed by atoms with Crippen molar-refractivity contribution in [1.82, 2.24) is 0 Å². The van der Waals surface area contributed by atoms with Crippen molar-refractivity contribution in [3.8, 4) is 0 Å². The van der Waals surface area contributed by atoms with Crippen molar-refractivity contribution in [2.24, 2.45) is 10.9 Å². The first-order chi connectivity index (χ1) is 6.69. The Bertz CT molecular complexity index is 240. The molecule has 0 aliphatic carbocycles. The molecule has 0 aliphatic heterocycles. The number of ether oxygens (including phenoxy) is 1. The van der Waals surface area contributed by atoms with Crippen molar-refractivity contribution in [1.29, 1.82) is 0 Å². The lowest BCUT2D eigenvalue weighted by molar-refractivity contribution is -0.145. The minimum absolute atomic E-state index is 0.0559. The Morgan fingerprint density at radius 1 is 1.57 bits per heavy atom. The summed E-state index contributed by atoms with van der Waals surface area (Å²) in [6.07, 6.45) is 3.31. The van der Waals surface area contributed by atoms with Gasteiger partial charge in [0.25, 0.3) is 0 Å². The second-order valence-corrected chi connectivity index (χ2v) is 2.83. The predicted octanol–water partition coefficient (Wildman–Crippen LogP) is 1.81. The SMILES string of the molecule is C=CC(=O)OC(N=C=O)C(CC)CC. The first-order valence-corrected chi connectivity index (χ1v) is 4.59. The van der Waals surface area contributed by atoms with Gasteiger partial charge in [-0.2, -0.15) is 4.99 Å². The minimum atomic E-state index is -0.729. The fourth-order valence-corrected chi connectivity index (χ4v) is 1.14. The lowest BCUT2D eigenvalue weighted by Gasteiger charge is -2.19. The average Bonchev–Trinajstić information content (AvgIpc) is 2.19. The first kappa shape index (κ1) is 12.6. The maximum absolute atomic E-state index is 10.9. The largest absolute Gasteiger partial charge is 0.435 e. The summed E-state index contributed by atoms with van der Waals surface area (Å²) in [5.74, 6) is -0.513. The molecule has 0 aromatic heterocycles. The monoisotopic (exact) mass is 197 g/mol. The van der Waals surface area contributed by atoms with Gasteiger partial charge in [-0.05, 0) is 12.8 Å².